The number of carboxylic acids is 1. The SMILES string of the molecule is Cc1nc(=O)n(Cc2ccsc2C(=O)O)c(C)c1Br. The van der Waals surface area contributed by atoms with Gasteiger partial charge in [-0.2, -0.15) is 4.98 Å². The summed E-state index contributed by atoms with van der Waals surface area (Å²) >= 11 is 4.53. The molecule has 0 aliphatic rings. The number of rotatable bonds is 3. The van der Waals surface area contributed by atoms with Crippen LogP contribution in [0, 0.1) is 13.8 Å². The lowest BCUT2D eigenvalue weighted by Gasteiger charge is -2.11. The summed E-state index contributed by atoms with van der Waals surface area (Å²) in [5.74, 6) is -0.977. The van der Waals surface area contributed by atoms with Crippen molar-refractivity contribution in [3.8, 4) is 0 Å². The Labute approximate surface area is 121 Å². The average molecular weight is 343 g/mol. The molecule has 0 aliphatic carbocycles. The molecule has 0 atom stereocenters. The van der Waals surface area contributed by atoms with Crippen LogP contribution < -0.4 is 5.69 Å². The van der Waals surface area contributed by atoms with Gasteiger partial charge in [0.25, 0.3) is 0 Å². The van der Waals surface area contributed by atoms with E-state index in [1.165, 1.54) is 4.57 Å². The number of hydrogen-bond donors (Lipinski definition) is 1. The number of thiophene rings is 1. The van der Waals surface area contributed by atoms with Gasteiger partial charge in [-0.15, -0.1) is 11.3 Å². The molecule has 0 aliphatic heterocycles. The lowest BCUT2D eigenvalue weighted by Crippen LogP contribution is -2.27. The van der Waals surface area contributed by atoms with E-state index in [9.17, 15) is 9.59 Å². The fourth-order valence-corrected chi connectivity index (χ4v) is 2.84. The predicted molar refractivity (Wildman–Crippen MR) is 76.1 cm³/mol. The van der Waals surface area contributed by atoms with E-state index in [1.54, 1.807) is 25.3 Å². The van der Waals surface area contributed by atoms with Crippen molar-refractivity contribution < 1.29 is 9.90 Å². The van der Waals surface area contributed by atoms with Gasteiger partial charge in [-0.1, -0.05) is 0 Å². The topological polar surface area (TPSA) is 72.2 Å². The molecule has 100 valence electrons. The van der Waals surface area contributed by atoms with Crippen LogP contribution in [-0.2, 0) is 6.54 Å². The lowest BCUT2D eigenvalue weighted by molar-refractivity contribution is 0.0701. The van der Waals surface area contributed by atoms with E-state index < -0.39 is 5.97 Å². The van der Waals surface area contributed by atoms with Crippen molar-refractivity contribution in [3.05, 3.63) is 48.2 Å². The normalized spacial score (nSPS) is 10.7. The molecule has 2 heterocycles. The molecule has 19 heavy (non-hydrogen) atoms. The van der Waals surface area contributed by atoms with Gasteiger partial charge < -0.3 is 5.11 Å². The summed E-state index contributed by atoms with van der Waals surface area (Å²) in [7, 11) is 0. The molecule has 0 aromatic carbocycles. The van der Waals surface area contributed by atoms with Gasteiger partial charge in [0.2, 0.25) is 0 Å². The Bertz CT molecular complexity index is 705. The molecule has 0 fully saturated rings. The van der Waals surface area contributed by atoms with Gasteiger partial charge in [0.15, 0.2) is 0 Å². The van der Waals surface area contributed by atoms with Crippen LogP contribution in [-0.4, -0.2) is 20.6 Å². The number of carboxylic acid groups (broad SMARTS) is 1. The average Bonchev–Trinajstić information content (AvgIpc) is 2.80. The maximum Gasteiger partial charge on any atom is 0.348 e. The Balaban J connectivity index is 2.50. The molecule has 0 spiro atoms. The van der Waals surface area contributed by atoms with E-state index in [1.807, 2.05) is 0 Å². The number of carbonyl (C=O) groups is 1. The van der Waals surface area contributed by atoms with Crippen molar-refractivity contribution in [3.63, 3.8) is 0 Å². The first-order valence-electron chi connectivity index (χ1n) is 5.45. The second kappa shape index (κ2) is 5.26. The zero-order valence-corrected chi connectivity index (χ0v) is 12.7. The fraction of sp³-hybridized carbons (Fsp3) is 0.250. The first-order valence-corrected chi connectivity index (χ1v) is 7.12. The quantitative estimate of drug-likeness (QED) is 0.929. The summed E-state index contributed by atoms with van der Waals surface area (Å²) in [4.78, 5) is 27.1. The van der Waals surface area contributed by atoms with Crippen LogP contribution in [0.4, 0.5) is 0 Å². The Morgan fingerprint density at radius 2 is 2.21 bits per heavy atom. The van der Waals surface area contributed by atoms with E-state index in [2.05, 4.69) is 20.9 Å². The van der Waals surface area contributed by atoms with Crippen molar-refractivity contribution in [2.75, 3.05) is 0 Å². The number of hydrogen-bond acceptors (Lipinski definition) is 4. The van der Waals surface area contributed by atoms with Crippen molar-refractivity contribution in [1.82, 2.24) is 9.55 Å². The third-order valence-electron chi connectivity index (χ3n) is 2.80. The first kappa shape index (κ1) is 14.0. The highest BCUT2D eigenvalue weighted by molar-refractivity contribution is 9.10. The smallest absolute Gasteiger partial charge is 0.348 e. The maximum absolute atomic E-state index is 11.9. The number of nitrogens with zero attached hydrogens (tertiary/aromatic N) is 2. The monoisotopic (exact) mass is 342 g/mol. The second-order valence-corrected chi connectivity index (χ2v) is 5.75. The van der Waals surface area contributed by atoms with Crippen molar-refractivity contribution in [1.29, 1.82) is 0 Å². The van der Waals surface area contributed by atoms with Gasteiger partial charge in [-0.05, 0) is 46.8 Å². The molecule has 5 nitrogen and oxygen atoms in total. The Kier molecular flexibility index (Phi) is 3.86. The standard InChI is InChI=1S/C12H11BrN2O3S/c1-6-9(13)7(2)15(12(18)14-6)5-8-3-4-19-10(8)11(16)17/h3-4H,5H2,1-2H3,(H,16,17). The lowest BCUT2D eigenvalue weighted by atomic mass is 10.2. The molecule has 0 bridgehead atoms. The minimum Gasteiger partial charge on any atom is -0.477 e. The highest BCUT2D eigenvalue weighted by Gasteiger charge is 2.15. The minimum atomic E-state index is -0.977. The van der Waals surface area contributed by atoms with E-state index in [0.29, 0.717) is 11.3 Å². The summed E-state index contributed by atoms with van der Waals surface area (Å²) in [5.41, 5.74) is 1.60. The van der Waals surface area contributed by atoms with Crippen LogP contribution >= 0.6 is 27.3 Å². The van der Waals surface area contributed by atoms with Crippen molar-refractivity contribution >= 4 is 33.2 Å². The van der Waals surface area contributed by atoms with Crippen molar-refractivity contribution in [2.45, 2.75) is 20.4 Å². The fourth-order valence-electron chi connectivity index (χ4n) is 1.78. The molecule has 2 aromatic rings. The van der Waals surface area contributed by atoms with Crippen LogP contribution in [0.1, 0.15) is 26.6 Å². The van der Waals surface area contributed by atoms with Crippen LogP contribution in [0.15, 0.2) is 20.7 Å². The zero-order chi connectivity index (χ0) is 14.2. The third kappa shape index (κ3) is 2.62. The van der Waals surface area contributed by atoms with E-state index in [4.69, 9.17) is 5.11 Å². The number of aryl methyl sites for hydroxylation is 1. The zero-order valence-electron chi connectivity index (χ0n) is 10.3. The van der Waals surface area contributed by atoms with Gasteiger partial charge in [0.1, 0.15) is 4.88 Å². The highest BCUT2D eigenvalue weighted by Crippen LogP contribution is 2.21. The summed E-state index contributed by atoms with van der Waals surface area (Å²) in [6.45, 7) is 3.75. The van der Waals surface area contributed by atoms with Crippen LogP contribution in [0.2, 0.25) is 0 Å². The molecule has 0 saturated carbocycles. The number of halogens is 1. The van der Waals surface area contributed by atoms with E-state index in [0.717, 1.165) is 21.5 Å². The highest BCUT2D eigenvalue weighted by atomic mass is 79.9. The van der Waals surface area contributed by atoms with Gasteiger partial charge in [-0.3, -0.25) is 4.57 Å². The molecule has 0 radical (unpaired) electrons. The maximum atomic E-state index is 11.9. The minimum absolute atomic E-state index is 0.210. The molecular weight excluding hydrogens is 332 g/mol. The Morgan fingerprint density at radius 1 is 1.53 bits per heavy atom. The van der Waals surface area contributed by atoms with Crippen LogP contribution in [0.5, 0.6) is 0 Å². The van der Waals surface area contributed by atoms with E-state index >= 15 is 0 Å². The molecule has 2 aromatic heterocycles. The third-order valence-corrected chi connectivity index (χ3v) is 4.90. The van der Waals surface area contributed by atoms with Gasteiger partial charge in [0.05, 0.1) is 16.7 Å². The summed E-state index contributed by atoms with van der Waals surface area (Å²) in [5, 5.41) is 10.8. The number of aromatic nitrogens is 2. The summed E-state index contributed by atoms with van der Waals surface area (Å²) < 4.78 is 2.23. The molecule has 2 rings (SSSR count). The van der Waals surface area contributed by atoms with E-state index in [-0.39, 0.29) is 17.1 Å². The molecule has 0 unspecified atom stereocenters. The number of aromatic carboxylic acids is 1. The van der Waals surface area contributed by atoms with Gasteiger partial charge in [0, 0.05) is 5.69 Å². The molecule has 7 heteroatoms. The largest absolute Gasteiger partial charge is 0.477 e. The van der Waals surface area contributed by atoms with Crippen LogP contribution in [0.3, 0.4) is 0 Å². The molecule has 0 amide bonds. The Hall–Kier alpha value is -1.47. The molecule has 1 N–H and O–H groups in total. The van der Waals surface area contributed by atoms with Crippen molar-refractivity contribution in [2.24, 2.45) is 0 Å². The molecular formula is C12H11BrN2O3S. The predicted octanol–water partition coefficient (Wildman–Crippen LogP) is 2.43. The van der Waals surface area contributed by atoms with Gasteiger partial charge in [-0.25, -0.2) is 9.59 Å². The molecule has 0 saturated heterocycles. The van der Waals surface area contributed by atoms with Crippen LogP contribution in [0.25, 0.3) is 0 Å². The van der Waals surface area contributed by atoms with Gasteiger partial charge >= 0.3 is 11.7 Å². The second-order valence-electron chi connectivity index (χ2n) is 4.05. The summed E-state index contributed by atoms with van der Waals surface area (Å²) in [6, 6.07) is 1.72. The summed E-state index contributed by atoms with van der Waals surface area (Å²) in [6.07, 6.45) is 0. The first-order chi connectivity index (χ1) is 8.91. The Morgan fingerprint density at radius 3 is 2.84 bits per heavy atom.